The lowest BCUT2D eigenvalue weighted by molar-refractivity contribution is -0.123. The Balaban J connectivity index is 1.80. The molecule has 3 rings (SSSR count). The largest absolute Gasteiger partial charge is 0.351 e. The molecule has 5 nitrogen and oxygen atoms in total. The van der Waals surface area contributed by atoms with Gasteiger partial charge in [-0.25, -0.2) is 4.79 Å². The van der Waals surface area contributed by atoms with Crippen LogP contribution in [0, 0.1) is 0 Å². The summed E-state index contributed by atoms with van der Waals surface area (Å²) in [5.41, 5.74) is 1.87. The van der Waals surface area contributed by atoms with E-state index in [1.165, 1.54) is 0 Å². The molecule has 0 saturated carbocycles. The number of nitrogens with one attached hydrogen (secondary N) is 1. The van der Waals surface area contributed by atoms with Crippen molar-refractivity contribution in [1.29, 1.82) is 0 Å². The molecule has 2 heterocycles. The molecule has 0 unspecified atom stereocenters. The Bertz CT molecular complexity index is 823. The summed E-state index contributed by atoms with van der Waals surface area (Å²) in [4.78, 5) is 25.8. The van der Waals surface area contributed by atoms with Gasteiger partial charge < -0.3 is 9.88 Å². The first kappa shape index (κ1) is 16.3. The standard InChI is InChI=1S/C18H18ClN3O2/c1-12(2)21-8-7-13(10-21)9-16-17(23)22(18(24)20-16)11-14-5-3-4-6-15(14)19/h3-10,12H,11H2,1-2H3,(H,20,24)/b16-9+. The molecule has 24 heavy (non-hydrogen) atoms. The minimum absolute atomic E-state index is 0.148. The summed E-state index contributed by atoms with van der Waals surface area (Å²) in [7, 11) is 0. The van der Waals surface area contributed by atoms with E-state index in [4.69, 9.17) is 11.6 Å². The molecular weight excluding hydrogens is 326 g/mol. The van der Waals surface area contributed by atoms with Gasteiger partial charge in [0.1, 0.15) is 5.70 Å². The van der Waals surface area contributed by atoms with Crippen LogP contribution in [0.2, 0.25) is 5.02 Å². The van der Waals surface area contributed by atoms with Crippen LogP contribution in [0.3, 0.4) is 0 Å². The molecule has 0 aliphatic carbocycles. The van der Waals surface area contributed by atoms with Crippen molar-refractivity contribution in [2.45, 2.75) is 26.4 Å². The summed E-state index contributed by atoms with van der Waals surface area (Å²) in [5, 5.41) is 3.16. The lowest BCUT2D eigenvalue weighted by Crippen LogP contribution is -2.30. The van der Waals surface area contributed by atoms with Crippen LogP contribution in [0.25, 0.3) is 6.08 Å². The molecular formula is C18H18ClN3O2. The van der Waals surface area contributed by atoms with Crippen LogP contribution < -0.4 is 5.32 Å². The van der Waals surface area contributed by atoms with Crippen molar-refractivity contribution in [3.8, 4) is 0 Å². The number of imide groups is 1. The number of urea groups is 1. The Morgan fingerprint density at radius 1 is 1.21 bits per heavy atom. The van der Waals surface area contributed by atoms with Crippen LogP contribution in [0.15, 0.2) is 48.4 Å². The van der Waals surface area contributed by atoms with E-state index in [9.17, 15) is 9.59 Å². The zero-order chi connectivity index (χ0) is 17.3. The van der Waals surface area contributed by atoms with Crippen LogP contribution >= 0.6 is 11.6 Å². The number of hydrogen-bond donors (Lipinski definition) is 1. The fourth-order valence-corrected chi connectivity index (χ4v) is 2.71. The third-order valence-electron chi connectivity index (χ3n) is 3.89. The fourth-order valence-electron chi connectivity index (χ4n) is 2.52. The number of hydrogen-bond acceptors (Lipinski definition) is 2. The van der Waals surface area contributed by atoms with Gasteiger partial charge in [-0.2, -0.15) is 0 Å². The second kappa shape index (κ2) is 6.53. The number of nitrogens with zero attached hydrogens (tertiary/aromatic N) is 2. The monoisotopic (exact) mass is 343 g/mol. The molecule has 6 heteroatoms. The molecule has 124 valence electrons. The maximum atomic E-state index is 12.5. The first-order valence-corrected chi connectivity index (χ1v) is 8.09. The summed E-state index contributed by atoms with van der Waals surface area (Å²) < 4.78 is 2.04. The average molecular weight is 344 g/mol. The van der Waals surface area contributed by atoms with E-state index >= 15 is 0 Å². The maximum absolute atomic E-state index is 12.5. The molecule has 1 fully saturated rings. The van der Waals surface area contributed by atoms with E-state index in [0.29, 0.717) is 11.1 Å². The molecule has 3 amide bonds. The van der Waals surface area contributed by atoms with Crippen LogP contribution in [0.1, 0.15) is 31.0 Å². The molecule has 0 atom stereocenters. The number of carbonyl (C=O) groups is 2. The Labute approximate surface area is 145 Å². The van der Waals surface area contributed by atoms with Crippen LogP contribution in [-0.2, 0) is 11.3 Å². The quantitative estimate of drug-likeness (QED) is 0.677. The summed E-state index contributed by atoms with van der Waals surface area (Å²) in [6.45, 7) is 4.30. The van der Waals surface area contributed by atoms with Gasteiger partial charge in [0.15, 0.2) is 0 Å². The highest BCUT2D eigenvalue weighted by Gasteiger charge is 2.33. The van der Waals surface area contributed by atoms with Gasteiger partial charge in [-0.05, 0) is 43.2 Å². The van der Waals surface area contributed by atoms with Crippen molar-refractivity contribution >= 4 is 29.6 Å². The highest BCUT2D eigenvalue weighted by Crippen LogP contribution is 2.21. The predicted molar refractivity (Wildman–Crippen MR) is 93.3 cm³/mol. The second-order valence-corrected chi connectivity index (χ2v) is 6.36. The predicted octanol–water partition coefficient (Wildman–Crippen LogP) is 3.82. The van der Waals surface area contributed by atoms with Crippen molar-refractivity contribution in [3.63, 3.8) is 0 Å². The smallest absolute Gasteiger partial charge is 0.329 e. The van der Waals surface area contributed by atoms with E-state index < -0.39 is 6.03 Å². The lowest BCUT2D eigenvalue weighted by atomic mass is 10.2. The summed E-state index contributed by atoms with van der Waals surface area (Å²) in [6.07, 6.45) is 5.57. The molecule has 0 bridgehead atoms. The first-order chi connectivity index (χ1) is 11.5. The van der Waals surface area contributed by atoms with Gasteiger partial charge in [0.25, 0.3) is 5.91 Å². The van der Waals surface area contributed by atoms with Crippen molar-refractivity contribution in [2.75, 3.05) is 0 Å². The minimum atomic E-state index is -0.436. The number of amides is 3. The van der Waals surface area contributed by atoms with Crippen molar-refractivity contribution in [3.05, 3.63) is 64.6 Å². The highest BCUT2D eigenvalue weighted by molar-refractivity contribution is 6.31. The van der Waals surface area contributed by atoms with E-state index in [0.717, 1.165) is 16.0 Å². The van der Waals surface area contributed by atoms with E-state index in [2.05, 4.69) is 19.2 Å². The molecule has 1 saturated heterocycles. The molecule has 1 aliphatic rings. The third-order valence-corrected chi connectivity index (χ3v) is 4.26. The molecule has 0 spiro atoms. The topological polar surface area (TPSA) is 54.3 Å². The number of rotatable bonds is 4. The number of carbonyl (C=O) groups excluding carboxylic acids is 2. The average Bonchev–Trinajstić information content (AvgIpc) is 3.10. The van der Waals surface area contributed by atoms with Gasteiger partial charge in [-0.3, -0.25) is 9.69 Å². The molecule has 1 aromatic heterocycles. The Hall–Kier alpha value is -2.53. The van der Waals surface area contributed by atoms with E-state index in [-0.39, 0.29) is 18.1 Å². The molecule has 2 aromatic rings. The first-order valence-electron chi connectivity index (χ1n) is 7.71. The molecule has 0 radical (unpaired) electrons. The third kappa shape index (κ3) is 3.21. The SMILES string of the molecule is CC(C)n1ccc(/C=C2/NC(=O)N(Cc3ccccc3Cl)C2=O)c1. The number of aromatic nitrogens is 1. The fraction of sp³-hybridized carbons (Fsp3) is 0.222. The lowest BCUT2D eigenvalue weighted by Gasteiger charge is -2.12. The minimum Gasteiger partial charge on any atom is -0.351 e. The zero-order valence-electron chi connectivity index (χ0n) is 13.5. The Morgan fingerprint density at radius 2 is 1.96 bits per heavy atom. The summed E-state index contributed by atoms with van der Waals surface area (Å²) >= 11 is 6.11. The van der Waals surface area contributed by atoms with E-state index in [1.807, 2.05) is 35.2 Å². The van der Waals surface area contributed by atoms with Crippen molar-refractivity contribution in [1.82, 2.24) is 14.8 Å². The summed E-state index contributed by atoms with van der Waals surface area (Å²) in [5.74, 6) is -0.350. The van der Waals surface area contributed by atoms with Gasteiger partial charge in [-0.15, -0.1) is 0 Å². The van der Waals surface area contributed by atoms with Crippen molar-refractivity contribution < 1.29 is 9.59 Å². The second-order valence-electron chi connectivity index (χ2n) is 5.96. The van der Waals surface area contributed by atoms with Crippen LogP contribution in [0.5, 0.6) is 0 Å². The van der Waals surface area contributed by atoms with Crippen LogP contribution in [0.4, 0.5) is 4.79 Å². The summed E-state index contributed by atoms with van der Waals surface area (Å²) in [6, 6.07) is 8.97. The van der Waals surface area contributed by atoms with E-state index in [1.54, 1.807) is 18.2 Å². The maximum Gasteiger partial charge on any atom is 0.329 e. The molecule has 1 aromatic carbocycles. The van der Waals surface area contributed by atoms with Gasteiger partial charge >= 0.3 is 6.03 Å². The van der Waals surface area contributed by atoms with Gasteiger partial charge in [-0.1, -0.05) is 29.8 Å². The van der Waals surface area contributed by atoms with Gasteiger partial charge in [0, 0.05) is 23.5 Å². The van der Waals surface area contributed by atoms with Gasteiger partial charge in [0.05, 0.1) is 6.54 Å². The highest BCUT2D eigenvalue weighted by atomic mass is 35.5. The van der Waals surface area contributed by atoms with Gasteiger partial charge in [0.2, 0.25) is 0 Å². The molecule has 1 N–H and O–H groups in total. The van der Waals surface area contributed by atoms with Crippen LogP contribution in [-0.4, -0.2) is 21.4 Å². The number of benzene rings is 1. The number of halogens is 1. The Kier molecular flexibility index (Phi) is 4.44. The normalized spacial score (nSPS) is 16.3. The Morgan fingerprint density at radius 3 is 2.62 bits per heavy atom. The molecule has 1 aliphatic heterocycles. The van der Waals surface area contributed by atoms with Crippen molar-refractivity contribution in [2.24, 2.45) is 0 Å². The zero-order valence-corrected chi connectivity index (χ0v) is 14.2.